The van der Waals surface area contributed by atoms with Gasteiger partial charge in [0.25, 0.3) is 5.91 Å². The van der Waals surface area contributed by atoms with E-state index in [1.54, 1.807) is 24.3 Å². The normalized spacial score (nSPS) is 11.0. The Hall–Kier alpha value is -3.51. The zero-order valence-electron chi connectivity index (χ0n) is 18.4. The molecule has 0 aromatic heterocycles. The molecule has 0 unspecified atom stereocenters. The van der Waals surface area contributed by atoms with E-state index in [4.69, 9.17) is 12.2 Å². The van der Waals surface area contributed by atoms with Crippen molar-refractivity contribution in [3.8, 4) is 0 Å². The monoisotopic (exact) mass is 445 g/mol. The number of rotatable bonds is 5. The van der Waals surface area contributed by atoms with E-state index in [2.05, 4.69) is 16.0 Å². The van der Waals surface area contributed by atoms with E-state index in [0.717, 1.165) is 11.1 Å². The van der Waals surface area contributed by atoms with Gasteiger partial charge in [0.05, 0.1) is 5.92 Å². The number of hydrogen-bond acceptors (Lipinski definition) is 3. The molecule has 0 spiro atoms. The number of carbonyl (C=O) groups is 2. The van der Waals surface area contributed by atoms with Crippen LogP contribution in [0.2, 0.25) is 0 Å². The molecule has 6 heteroatoms. The third-order valence-corrected chi connectivity index (χ3v) is 4.86. The summed E-state index contributed by atoms with van der Waals surface area (Å²) in [6.45, 7) is 5.79. The highest BCUT2D eigenvalue weighted by atomic mass is 32.1. The highest BCUT2D eigenvalue weighted by molar-refractivity contribution is 7.80. The summed E-state index contributed by atoms with van der Waals surface area (Å²) in [6.07, 6.45) is 0. The summed E-state index contributed by atoms with van der Waals surface area (Å²) >= 11 is 5.37. The fourth-order valence-electron chi connectivity index (χ4n) is 3.25. The maximum absolute atomic E-state index is 13.1. The molecule has 3 aromatic rings. The van der Waals surface area contributed by atoms with Crippen molar-refractivity contribution in [1.29, 1.82) is 0 Å². The molecule has 0 aliphatic rings. The van der Waals surface area contributed by atoms with E-state index in [-0.39, 0.29) is 22.5 Å². The van der Waals surface area contributed by atoms with Gasteiger partial charge in [-0.25, -0.2) is 0 Å². The molecule has 0 fully saturated rings. The van der Waals surface area contributed by atoms with Gasteiger partial charge in [-0.05, 0) is 68.4 Å². The molecule has 0 heterocycles. The fraction of sp³-hybridized carbons (Fsp3) is 0.192. The zero-order chi connectivity index (χ0) is 23.1. The first-order valence-corrected chi connectivity index (χ1v) is 10.8. The van der Waals surface area contributed by atoms with Crippen LogP contribution in [-0.4, -0.2) is 22.5 Å². The quantitative estimate of drug-likeness (QED) is 0.491. The van der Waals surface area contributed by atoms with Crippen LogP contribution in [0.15, 0.2) is 84.9 Å². The van der Waals surface area contributed by atoms with Gasteiger partial charge in [-0.1, -0.05) is 60.7 Å². The zero-order valence-corrected chi connectivity index (χ0v) is 19.2. The molecule has 0 saturated carbocycles. The second-order valence-electron chi connectivity index (χ2n) is 8.48. The van der Waals surface area contributed by atoms with Crippen LogP contribution in [-0.2, 0) is 4.79 Å². The lowest BCUT2D eigenvalue weighted by Gasteiger charge is -2.20. The minimum Gasteiger partial charge on any atom is -0.347 e. The van der Waals surface area contributed by atoms with Gasteiger partial charge in [0.2, 0.25) is 5.91 Å². The first kappa shape index (κ1) is 23.2. The van der Waals surface area contributed by atoms with Crippen LogP contribution in [0.5, 0.6) is 0 Å². The lowest BCUT2D eigenvalue weighted by atomic mass is 9.90. The minimum absolute atomic E-state index is 0.145. The number of hydrogen-bond donors (Lipinski definition) is 3. The summed E-state index contributed by atoms with van der Waals surface area (Å²) in [5, 5.41) is 8.93. The third-order valence-electron chi connectivity index (χ3n) is 4.66. The van der Waals surface area contributed by atoms with Gasteiger partial charge >= 0.3 is 0 Å². The SMILES string of the molecule is CC(C)(C)NC(=O)c1ccc(NC(=S)NC(=O)C(c2ccccc2)c2ccccc2)cc1. The summed E-state index contributed by atoms with van der Waals surface area (Å²) in [5.41, 5.74) is 2.68. The third kappa shape index (κ3) is 6.49. The van der Waals surface area contributed by atoms with Crippen LogP contribution in [0.1, 0.15) is 48.2 Å². The van der Waals surface area contributed by atoms with Gasteiger partial charge in [0, 0.05) is 16.8 Å². The number of anilines is 1. The van der Waals surface area contributed by atoms with Crippen molar-refractivity contribution in [2.24, 2.45) is 0 Å². The van der Waals surface area contributed by atoms with E-state index in [9.17, 15) is 9.59 Å². The average Bonchev–Trinajstić information content (AvgIpc) is 2.74. The van der Waals surface area contributed by atoms with Crippen molar-refractivity contribution in [2.75, 3.05) is 5.32 Å². The van der Waals surface area contributed by atoms with Crippen molar-refractivity contribution < 1.29 is 9.59 Å². The average molecular weight is 446 g/mol. The van der Waals surface area contributed by atoms with Crippen molar-refractivity contribution >= 4 is 34.8 Å². The maximum atomic E-state index is 13.1. The smallest absolute Gasteiger partial charge is 0.251 e. The van der Waals surface area contributed by atoms with Gasteiger partial charge in [-0.3, -0.25) is 9.59 Å². The van der Waals surface area contributed by atoms with E-state index in [0.29, 0.717) is 11.3 Å². The number of carbonyl (C=O) groups excluding carboxylic acids is 2. The van der Waals surface area contributed by atoms with Crippen LogP contribution < -0.4 is 16.0 Å². The summed E-state index contributed by atoms with van der Waals surface area (Å²) in [5.74, 6) is -0.852. The molecule has 0 saturated heterocycles. The molecular formula is C26H27N3O2S. The second-order valence-corrected chi connectivity index (χ2v) is 8.89. The van der Waals surface area contributed by atoms with Gasteiger partial charge in [-0.15, -0.1) is 0 Å². The number of amides is 2. The topological polar surface area (TPSA) is 70.2 Å². The molecule has 3 N–H and O–H groups in total. The molecule has 0 aliphatic heterocycles. The first-order valence-electron chi connectivity index (χ1n) is 10.4. The molecule has 3 aromatic carbocycles. The largest absolute Gasteiger partial charge is 0.347 e. The van der Waals surface area contributed by atoms with Crippen LogP contribution >= 0.6 is 12.2 Å². The molecule has 0 atom stereocenters. The Morgan fingerprint density at radius 1 is 0.781 bits per heavy atom. The number of nitrogens with one attached hydrogen (secondary N) is 3. The van der Waals surface area contributed by atoms with E-state index >= 15 is 0 Å². The Morgan fingerprint density at radius 2 is 1.28 bits per heavy atom. The van der Waals surface area contributed by atoms with Gasteiger partial charge in [0.1, 0.15) is 0 Å². The number of thiocarbonyl (C=S) groups is 1. The van der Waals surface area contributed by atoms with Crippen LogP contribution in [0.3, 0.4) is 0 Å². The molecule has 2 amide bonds. The summed E-state index contributed by atoms with van der Waals surface area (Å²) in [6, 6.07) is 26.1. The Balaban J connectivity index is 1.68. The first-order chi connectivity index (χ1) is 15.2. The Bertz CT molecular complexity index is 1040. The van der Waals surface area contributed by atoms with Crippen molar-refractivity contribution in [2.45, 2.75) is 32.2 Å². The Labute approximate surface area is 194 Å². The maximum Gasteiger partial charge on any atom is 0.251 e. The predicted molar refractivity (Wildman–Crippen MR) is 133 cm³/mol. The highest BCUT2D eigenvalue weighted by Gasteiger charge is 2.23. The highest BCUT2D eigenvalue weighted by Crippen LogP contribution is 2.24. The standard InChI is InChI=1S/C26H27N3O2S/c1-26(2,3)29-23(30)20-14-16-21(17-15-20)27-25(32)28-24(31)22(18-10-6-4-7-11-18)19-12-8-5-9-13-19/h4-17,22H,1-3H3,(H,29,30)(H2,27,28,31,32). The minimum atomic E-state index is -0.486. The van der Waals surface area contributed by atoms with Crippen molar-refractivity contribution in [1.82, 2.24) is 10.6 Å². The Morgan fingerprint density at radius 3 is 1.75 bits per heavy atom. The van der Waals surface area contributed by atoms with Crippen LogP contribution in [0, 0.1) is 0 Å². The molecule has 32 heavy (non-hydrogen) atoms. The van der Waals surface area contributed by atoms with E-state index < -0.39 is 5.92 Å². The molecule has 3 rings (SSSR count). The van der Waals surface area contributed by atoms with E-state index in [1.165, 1.54) is 0 Å². The molecule has 5 nitrogen and oxygen atoms in total. The molecule has 0 bridgehead atoms. The summed E-state index contributed by atoms with van der Waals surface area (Å²) in [4.78, 5) is 25.4. The predicted octanol–water partition coefficient (Wildman–Crippen LogP) is 4.86. The lowest BCUT2D eigenvalue weighted by molar-refractivity contribution is -0.120. The van der Waals surface area contributed by atoms with Gasteiger partial charge in [0.15, 0.2) is 5.11 Å². The molecular weight excluding hydrogens is 418 g/mol. The van der Waals surface area contributed by atoms with Crippen molar-refractivity contribution in [3.63, 3.8) is 0 Å². The van der Waals surface area contributed by atoms with Gasteiger partial charge < -0.3 is 16.0 Å². The Kier molecular flexibility index (Phi) is 7.38. The molecule has 0 radical (unpaired) electrons. The summed E-state index contributed by atoms with van der Waals surface area (Å²) in [7, 11) is 0. The fourth-order valence-corrected chi connectivity index (χ4v) is 3.47. The van der Waals surface area contributed by atoms with Crippen molar-refractivity contribution in [3.05, 3.63) is 102 Å². The lowest BCUT2D eigenvalue weighted by Crippen LogP contribution is -2.40. The number of benzene rings is 3. The van der Waals surface area contributed by atoms with Gasteiger partial charge in [-0.2, -0.15) is 0 Å². The second kappa shape index (κ2) is 10.2. The van der Waals surface area contributed by atoms with Crippen LogP contribution in [0.25, 0.3) is 0 Å². The molecule has 164 valence electrons. The summed E-state index contributed by atoms with van der Waals surface area (Å²) < 4.78 is 0. The van der Waals surface area contributed by atoms with Crippen LogP contribution in [0.4, 0.5) is 5.69 Å². The van der Waals surface area contributed by atoms with E-state index in [1.807, 2.05) is 81.4 Å². The molecule has 0 aliphatic carbocycles.